The summed E-state index contributed by atoms with van der Waals surface area (Å²) in [6.07, 6.45) is 1.93. The van der Waals surface area contributed by atoms with Crippen molar-refractivity contribution < 1.29 is 4.79 Å². The van der Waals surface area contributed by atoms with Crippen LogP contribution in [0.4, 0.5) is 0 Å². The molecule has 82 valence electrons. The van der Waals surface area contributed by atoms with Crippen molar-refractivity contribution in [2.24, 2.45) is 11.1 Å². The Bertz CT molecular complexity index is 236. The van der Waals surface area contributed by atoms with E-state index in [0.29, 0.717) is 5.57 Å². The summed E-state index contributed by atoms with van der Waals surface area (Å²) in [6.45, 7) is 8.18. The summed E-state index contributed by atoms with van der Waals surface area (Å²) in [6, 6.07) is 0.218. The molecule has 0 fully saturated rings. The van der Waals surface area contributed by atoms with Gasteiger partial charge in [-0.05, 0) is 26.4 Å². The first-order valence-electron chi connectivity index (χ1n) is 4.81. The summed E-state index contributed by atoms with van der Waals surface area (Å²) in [5.41, 5.74) is 5.92. The molecule has 2 N–H and O–H groups in total. The number of rotatable bonds is 3. The van der Waals surface area contributed by atoms with Gasteiger partial charge in [-0.25, -0.2) is 0 Å². The highest BCUT2D eigenvalue weighted by atomic mass is 16.1. The van der Waals surface area contributed by atoms with Crippen LogP contribution < -0.4 is 5.73 Å². The third-order valence-corrected chi connectivity index (χ3v) is 2.24. The maximum absolute atomic E-state index is 10.9. The van der Waals surface area contributed by atoms with Gasteiger partial charge in [-0.1, -0.05) is 26.8 Å². The maximum Gasteiger partial charge on any atom is 0.244 e. The van der Waals surface area contributed by atoms with E-state index in [9.17, 15) is 4.79 Å². The van der Waals surface area contributed by atoms with E-state index in [4.69, 9.17) is 5.73 Å². The van der Waals surface area contributed by atoms with Crippen LogP contribution in [0, 0.1) is 5.41 Å². The van der Waals surface area contributed by atoms with Crippen molar-refractivity contribution in [3.05, 3.63) is 11.6 Å². The number of carbonyl (C=O) groups excluding carboxylic acids is 1. The van der Waals surface area contributed by atoms with E-state index in [1.807, 2.05) is 20.2 Å². The lowest BCUT2D eigenvalue weighted by atomic mass is 9.85. The molecule has 0 aliphatic carbocycles. The number of primary amides is 1. The van der Waals surface area contributed by atoms with E-state index >= 15 is 0 Å². The SMILES string of the molecule is C/C(=C\C(N(C)C)C(C)(C)C)C(N)=O. The Hall–Kier alpha value is -0.830. The fourth-order valence-electron chi connectivity index (χ4n) is 1.49. The molecule has 0 saturated carbocycles. The molecular formula is C11H22N2O. The number of nitrogens with two attached hydrogens (primary N) is 1. The molecule has 14 heavy (non-hydrogen) atoms. The Morgan fingerprint density at radius 2 is 1.79 bits per heavy atom. The normalized spacial score (nSPS) is 15.8. The van der Waals surface area contributed by atoms with Crippen LogP contribution >= 0.6 is 0 Å². The summed E-state index contributed by atoms with van der Waals surface area (Å²) in [7, 11) is 4.00. The van der Waals surface area contributed by atoms with E-state index in [1.54, 1.807) is 6.92 Å². The van der Waals surface area contributed by atoms with E-state index in [2.05, 4.69) is 25.7 Å². The summed E-state index contributed by atoms with van der Waals surface area (Å²) in [4.78, 5) is 13.0. The molecule has 0 aliphatic heterocycles. The second-order valence-corrected chi connectivity index (χ2v) is 4.99. The fourth-order valence-corrected chi connectivity index (χ4v) is 1.49. The molecule has 0 spiro atoms. The Balaban J connectivity index is 4.88. The Kier molecular flexibility index (Phi) is 4.33. The molecule has 1 amide bonds. The van der Waals surface area contributed by atoms with Crippen LogP contribution in [0.3, 0.4) is 0 Å². The van der Waals surface area contributed by atoms with E-state index in [1.165, 1.54) is 0 Å². The Morgan fingerprint density at radius 1 is 1.36 bits per heavy atom. The minimum absolute atomic E-state index is 0.0974. The molecule has 1 atom stereocenters. The maximum atomic E-state index is 10.9. The molecule has 0 saturated heterocycles. The lowest BCUT2D eigenvalue weighted by molar-refractivity contribution is -0.114. The van der Waals surface area contributed by atoms with Gasteiger partial charge >= 0.3 is 0 Å². The van der Waals surface area contributed by atoms with E-state index in [-0.39, 0.29) is 17.4 Å². The Labute approximate surface area is 87.0 Å². The molecule has 0 aromatic heterocycles. The third-order valence-electron chi connectivity index (χ3n) is 2.24. The zero-order valence-electron chi connectivity index (χ0n) is 10.1. The number of amides is 1. The monoisotopic (exact) mass is 198 g/mol. The summed E-state index contributed by atoms with van der Waals surface area (Å²) < 4.78 is 0. The minimum atomic E-state index is -0.346. The Morgan fingerprint density at radius 3 is 2.00 bits per heavy atom. The van der Waals surface area contributed by atoms with E-state index in [0.717, 1.165) is 0 Å². The van der Waals surface area contributed by atoms with Crippen LogP contribution in [0.2, 0.25) is 0 Å². The zero-order valence-corrected chi connectivity index (χ0v) is 10.1. The van der Waals surface area contributed by atoms with Gasteiger partial charge in [0.25, 0.3) is 0 Å². The molecule has 0 aromatic carbocycles. The molecule has 0 aliphatic rings. The second-order valence-electron chi connectivity index (χ2n) is 4.99. The first kappa shape index (κ1) is 13.2. The summed E-state index contributed by atoms with van der Waals surface area (Å²) >= 11 is 0. The van der Waals surface area contributed by atoms with Crippen molar-refractivity contribution >= 4 is 5.91 Å². The lowest BCUT2D eigenvalue weighted by Gasteiger charge is -2.34. The molecule has 1 unspecified atom stereocenters. The molecule has 3 nitrogen and oxygen atoms in total. The van der Waals surface area contributed by atoms with Crippen LogP contribution in [0.1, 0.15) is 27.7 Å². The average Bonchev–Trinajstić information content (AvgIpc) is 1.96. The fraction of sp³-hybridized carbons (Fsp3) is 0.727. The summed E-state index contributed by atoms with van der Waals surface area (Å²) in [5, 5.41) is 0. The van der Waals surface area contributed by atoms with Gasteiger partial charge in [0.05, 0.1) is 0 Å². The van der Waals surface area contributed by atoms with Crippen molar-refractivity contribution in [1.29, 1.82) is 0 Å². The van der Waals surface area contributed by atoms with Gasteiger partial charge in [0.1, 0.15) is 0 Å². The smallest absolute Gasteiger partial charge is 0.244 e. The predicted molar refractivity (Wildman–Crippen MR) is 59.9 cm³/mol. The predicted octanol–water partition coefficient (Wildman–Crippen LogP) is 1.39. The van der Waals surface area contributed by atoms with Crippen LogP contribution in [0.15, 0.2) is 11.6 Å². The quantitative estimate of drug-likeness (QED) is 0.697. The van der Waals surface area contributed by atoms with Gasteiger partial charge in [0.15, 0.2) is 0 Å². The standard InChI is InChI=1S/C11H22N2O/c1-8(10(12)14)7-9(13(5)6)11(2,3)4/h7,9H,1-6H3,(H2,12,14)/b8-7+. The van der Waals surface area contributed by atoms with Crippen LogP contribution in [0.25, 0.3) is 0 Å². The number of nitrogens with zero attached hydrogens (tertiary/aromatic N) is 1. The number of hydrogen-bond acceptors (Lipinski definition) is 2. The number of carbonyl (C=O) groups is 1. The second kappa shape index (κ2) is 4.60. The summed E-state index contributed by atoms with van der Waals surface area (Å²) in [5.74, 6) is -0.346. The van der Waals surface area contributed by atoms with Crippen LogP contribution in [0.5, 0.6) is 0 Å². The van der Waals surface area contributed by atoms with E-state index < -0.39 is 0 Å². The van der Waals surface area contributed by atoms with Gasteiger partial charge in [-0.2, -0.15) is 0 Å². The van der Waals surface area contributed by atoms with Crippen molar-refractivity contribution in [1.82, 2.24) is 4.90 Å². The van der Waals surface area contributed by atoms with Crippen LogP contribution in [-0.4, -0.2) is 30.9 Å². The molecule has 0 aromatic rings. The first-order chi connectivity index (χ1) is 6.16. The lowest BCUT2D eigenvalue weighted by Crippen LogP contribution is -2.38. The van der Waals surface area contributed by atoms with Crippen LogP contribution in [-0.2, 0) is 4.79 Å². The highest BCUT2D eigenvalue weighted by molar-refractivity contribution is 5.91. The van der Waals surface area contributed by atoms with Crippen molar-refractivity contribution in [3.63, 3.8) is 0 Å². The van der Waals surface area contributed by atoms with Gasteiger partial charge < -0.3 is 10.6 Å². The zero-order chi connectivity index (χ0) is 11.5. The molecule has 3 heteroatoms. The number of hydrogen-bond donors (Lipinski definition) is 1. The van der Waals surface area contributed by atoms with Gasteiger partial charge in [-0.3, -0.25) is 4.79 Å². The van der Waals surface area contributed by atoms with Crippen molar-refractivity contribution in [2.45, 2.75) is 33.7 Å². The van der Waals surface area contributed by atoms with Crippen molar-refractivity contribution in [2.75, 3.05) is 14.1 Å². The molecule has 0 radical (unpaired) electrons. The number of likely N-dealkylation sites (N-methyl/N-ethyl adjacent to an activating group) is 1. The molecular weight excluding hydrogens is 176 g/mol. The van der Waals surface area contributed by atoms with Gasteiger partial charge in [-0.15, -0.1) is 0 Å². The first-order valence-corrected chi connectivity index (χ1v) is 4.81. The van der Waals surface area contributed by atoms with Crippen molar-refractivity contribution in [3.8, 4) is 0 Å². The largest absolute Gasteiger partial charge is 0.366 e. The van der Waals surface area contributed by atoms with Gasteiger partial charge in [0, 0.05) is 11.6 Å². The molecule has 0 bridgehead atoms. The molecule has 0 heterocycles. The average molecular weight is 198 g/mol. The molecule has 0 rings (SSSR count). The highest BCUT2D eigenvalue weighted by Gasteiger charge is 2.24. The van der Waals surface area contributed by atoms with Gasteiger partial charge in [0.2, 0.25) is 5.91 Å². The minimum Gasteiger partial charge on any atom is -0.366 e. The topological polar surface area (TPSA) is 46.3 Å². The third kappa shape index (κ3) is 3.92. The highest BCUT2D eigenvalue weighted by Crippen LogP contribution is 2.24.